The predicted molar refractivity (Wildman–Crippen MR) is 68.6 cm³/mol. The highest BCUT2D eigenvalue weighted by molar-refractivity contribution is 14.1. The Morgan fingerprint density at radius 2 is 2.20 bits per heavy atom. The molecule has 0 spiro atoms. The molecule has 2 rings (SSSR count). The fourth-order valence-electron chi connectivity index (χ4n) is 1.41. The zero-order valence-corrected chi connectivity index (χ0v) is 11.2. The van der Waals surface area contributed by atoms with Crippen LogP contribution in [0.5, 0.6) is 5.75 Å². The van der Waals surface area contributed by atoms with Crippen LogP contribution in [0.25, 0.3) is 0 Å². The summed E-state index contributed by atoms with van der Waals surface area (Å²) in [6.45, 7) is 0. The lowest BCUT2D eigenvalue weighted by molar-refractivity contribution is -0.135. The summed E-state index contributed by atoms with van der Waals surface area (Å²) in [6, 6.07) is 3.18. The van der Waals surface area contributed by atoms with E-state index >= 15 is 0 Å². The lowest BCUT2D eigenvalue weighted by Gasteiger charge is -2.22. The van der Waals surface area contributed by atoms with Gasteiger partial charge in [0.2, 0.25) is 0 Å². The zero-order valence-electron chi connectivity index (χ0n) is 7.50. The van der Waals surface area contributed by atoms with Gasteiger partial charge >= 0.3 is 5.97 Å². The quantitative estimate of drug-likeness (QED) is 0.440. The molecule has 1 aliphatic heterocycles. The van der Waals surface area contributed by atoms with Gasteiger partial charge in [0.25, 0.3) is 0 Å². The number of benzene rings is 1. The Bertz CT molecular complexity index is 411. The van der Waals surface area contributed by atoms with Crippen molar-refractivity contribution in [1.82, 2.24) is 0 Å². The van der Waals surface area contributed by atoms with E-state index in [1.54, 1.807) is 12.1 Å². The van der Waals surface area contributed by atoms with Crippen molar-refractivity contribution in [1.29, 1.82) is 0 Å². The van der Waals surface area contributed by atoms with Gasteiger partial charge in [-0.15, -0.1) is 12.4 Å². The molecule has 15 heavy (non-hydrogen) atoms. The van der Waals surface area contributed by atoms with E-state index in [2.05, 4.69) is 22.6 Å². The molecule has 0 amide bonds. The summed E-state index contributed by atoms with van der Waals surface area (Å²) in [6.07, 6.45) is 0.212. The first-order chi connectivity index (χ1) is 6.58. The number of rotatable bonds is 0. The molecule has 0 radical (unpaired) electrons. The summed E-state index contributed by atoms with van der Waals surface area (Å²) >= 11 is 7.95. The lowest BCUT2D eigenvalue weighted by Crippen LogP contribution is -2.25. The highest BCUT2D eigenvalue weighted by Gasteiger charge is 2.26. The maximum Gasteiger partial charge on any atom is 0.313 e. The Hall–Kier alpha value is -0.0400. The van der Waals surface area contributed by atoms with Crippen LogP contribution in [0.3, 0.4) is 0 Å². The number of carbonyl (C=O) groups excluding carboxylic acids is 1. The number of fused-ring (bicyclic) bond motifs is 1. The molecule has 1 aromatic rings. The van der Waals surface area contributed by atoms with E-state index in [4.69, 9.17) is 22.1 Å². The number of ether oxygens (including phenoxy) is 1. The van der Waals surface area contributed by atoms with E-state index in [9.17, 15) is 4.79 Å². The van der Waals surface area contributed by atoms with Crippen LogP contribution in [0.2, 0.25) is 5.02 Å². The van der Waals surface area contributed by atoms with Crippen LogP contribution in [0.1, 0.15) is 18.0 Å². The van der Waals surface area contributed by atoms with Crippen LogP contribution in [-0.2, 0) is 4.79 Å². The Kier molecular flexibility index (Phi) is 4.22. The van der Waals surface area contributed by atoms with Gasteiger partial charge in [0.1, 0.15) is 5.75 Å². The van der Waals surface area contributed by atoms with Crippen LogP contribution >= 0.6 is 46.6 Å². The van der Waals surface area contributed by atoms with Gasteiger partial charge in [-0.05, 0) is 34.7 Å². The van der Waals surface area contributed by atoms with Gasteiger partial charge in [0.15, 0.2) is 0 Å². The van der Waals surface area contributed by atoms with E-state index in [0.717, 1.165) is 9.13 Å². The standard InChI is InChI=1S/C9H7ClINO2.ClH/c10-4-1-5-7(12)3-8(13)14-9(5)6(11)2-4;/h1-2,7H,3,12H2;1H/t7-;/m1./s1. The highest BCUT2D eigenvalue weighted by Crippen LogP contribution is 2.37. The van der Waals surface area contributed by atoms with Crippen molar-refractivity contribution < 1.29 is 9.53 Å². The number of nitrogens with two attached hydrogens (primary N) is 1. The first kappa shape index (κ1) is 13.0. The minimum atomic E-state index is -0.307. The van der Waals surface area contributed by atoms with E-state index < -0.39 is 0 Å². The number of hydrogen-bond donors (Lipinski definition) is 1. The average molecular weight is 360 g/mol. The Labute approximate surface area is 112 Å². The van der Waals surface area contributed by atoms with Gasteiger partial charge in [0, 0.05) is 16.6 Å². The summed E-state index contributed by atoms with van der Waals surface area (Å²) in [5, 5.41) is 0.613. The first-order valence-electron chi connectivity index (χ1n) is 4.03. The zero-order chi connectivity index (χ0) is 10.3. The monoisotopic (exact) mass is 359 g/mol. The third-order valence-electron chi connectivity index (χ3n) is 2.04. The van der Waals surface area contributed by atoms with Gasteiger partial charge in [-0.1, -0.05) is 11.6 Å². The summed E-state index contributed by atoms with van der Waals surface area (Å²) in [5.74, 6) is 0.268. The molecule has 1 aromatic carbocycles. The molecule has 2 N–H and O–H groups in total. The molecule has 1 atom stereocenters. The highest BCUT2D eigenvalue weighted by atomic mass is 127. The van der Waals surface area contributed by atoms with Crippen molar-refractivity contribution in [3.05, 3.63) is 26.3 Å². The van der Waals surface area contributed by atoms with E-state index in [1.165, 1.54) is 0 Å². The third-order valence-corrected chi connectivity index (χ3v) is 3.06. The molecule has 0 bridgehead atoms. The molecule has 0 saturated carbocycles. The van der Waals surface area contributed by atoms with Crippen molar-refractivity contribution in [3.63, 3.8) is 0 Å². The molecular formula is C9H8Cl2INO2. The van der Waals surface area contributed by atoms with Crippen molar-refractivity contribution in [2.75, 3.05) is 0 Å². The fourth-order valence-corrected chi connectivity index (χ4v) is 2.58. The Morgan fingerprint density at radius 1 is 1.53 bits per heavy atom. The minimum absolute atomic E-state index is 0. The van der Waals surface area contributed by atoms with Crippen molar-refractivity contribution in [2.24, 2.45) is 5.73 Å². The molecule has 0 fully saturated rings. The van der Waals surface area contributed by atoms with Gasteiger partial charge in [0.05, 0.1) is 9.99 Å². The second-order valence-electron chi connectivity index (χ2n) is 3.09. The lowest BCUT2D eigenvalue weighted by atomic mass is 10.0. The molecule has 6 heteroatoms. The Morgan fingerprint density at radius 3 is 2.87 bits per heavy atom. The average Bonchev–Trinajstić information content (AvgIpc) is 2.07. The summed E-state index contributed by atoms with van der Waals surface area (Å²) in [4.78, 5) is 11.1. The second-order valence-corrected chi connectivity index (χ2v) is 4.69. The van der Waals surface area contributed by atoms with Crippen LogP contribution in [-0.4, -0.2) is 5.97 Å². The topological polar surface area (TPSA) is 52.3 Å². The number of esters is 1. The smallest absolute Gasteiger partial charge is 0.313 e. The molecular weight excluding hydrogens is 352 g/mol. The SMILES string of the molecule is Cl.N[C@@H]1CC(=O)Oc2c(I)cc(Cl)cc21. The molecule has 1 aliphatic rings. The molecule has 0 aromatic heterocycles. The molecule has 0 saturated heterocycles. The van der Waals surface area contributed by atoms with E-state index in [-0.39, 0.29) is 30.8 Å². The largest absolute Gasteiger partial charge is 0.425 e. The molecule has 82 valence electrons. The normalized spacial score (nSPS) is 18.9. The second kappa shape index (κ2) is 4.86. The van der Waals surface area contributed by atoms with Crippen LogP contribution in [0.15, 0.2) is 12.1 Å². The van der Waals surface area contributed by atoms with Gasteiger partial charge in [-0.3, -0.25) is 4.79 Å². The predicted octanol–water partition coefficient (Wildman–Crippen LogP) is 2.68. The Balaban J connectivity index is 0.00000112. The molecule has 0 aliphatic carbocycles. The number of carbonyl (C=O) groups is 1. The molecule has 1 heterocycles. The van der Waals surface area contributed by atoms with Crippen LogP contribution in [0, 0.1) is 3.57 Å². The maximum absolute atomic E-state index is 11.1. The van der Waals surface area contributed by atoms with Crippen molar-refractivity contribution in [2.45, 2.75) is 12.5 Å². The van der Waals surface area contributed by atoms with Crippen LogP contribution in [0.4, 0.5) is 0 Å². The van der Waals surface area contributed by atoms with Crippen molar-refractivity contribution in [3.8, 4) is 5.75 Å². The number of halogens is 3. The summed E-state index contributed by atoms with van der Waals surface area (Å²) in [5.41, 5.74) is 6.62. The summed E-state index contributed by atoms with van der Waals surface area (Å²) in [7, 11) is 0. The van der Waals surface area contributed by atoms with Gasteiger partial charge in [-0.25, -0.2) is 0 Å². The number of hydrogen-bond acceptors (Lipinski definition) is 3. The van der Waals surface area contributed by atoms with Gasteiger partial charge < -0.3 is 10.5 Å². The van der Waals surface area contributed by atoms with E-state index in [0.29, 0.717) is 10.8 Å². The molecule has 3 nitrogen and oxygen atoms in total. The summed E-state index contributed by atoms with van der Waals surface area (Å²) < 4.78 is 5.92. The van der Waals surface area contributed by atoms with E-state index in [1.807, 2.05) is 0 Å². The maximum atomic E-state index is 11.1. The minimum Gasteiger partial charge on any atom is -0.425 e. The third kappa shape index (κ3) is 2.55. The molecule has 0 unspecified atom stereocenters. The van der Waals surface area contributed by atoms with Crippen molar-refractivity contribution >= 4 is 52.6 Å². The van der Waals surface area contributed by atoms with Crippen LogP contribution < -0.4 is 10.5 Å². The first-order valence-corrected chi connectivity index (χ1v) is 5.49. The van der Waals surface area contributed by atoms with Gasteiger partial charge in [-0.2, -0.15) is 0 Å². The fraction of sp³-hybridized carbons (Fsp3) is 0.222.